The zero-order valence-corrected chi connectivity index (χ0v) is 16.5. The maximum Gasteiger partial charge on any atom is 0.251 e. The van der Waals surface area contributed by atoms with E-state index in [4.69, 9.17) is 0 Å². The fourth-order valence-electron chi connectivity index (χ4n) is 3.92. The number of piperazine rings is 1. The first-order valence-electron chi connectivity index (χ1n) is 9.95. The fourth-order valence-corrected chi connectivity index (χ4v) is 3.92. The van der Waals surface area contributed by atoms with E-state index in [1.165, 1.54) is 24.3 Å². The molecule has 2 saturated heterocycles. The first-order valence-corrected chi connectivity index (χ1v) is 9.95. The zero-order valence-electron chi connectivity index (χ0n) is 16.5. The highest BCUT2D eigenvalue weighted by atomic mass is 19.1. The van der Waals surface area contributed by atoms with Gasteiger partial charge in [0.15, 0.2) is 0 Å². The van der Waals surface area contributed by atoms with Crippen LogP contribution < -0.4 is 10.2 Å². The number of nitrogens with one attached hydrogen (secondary N) is 1. The number of rotatable bonds is 5. The second kappa shape index (κ2) is 8.73. The Morgan fingerprint density at radius 1 is 0.967 bits per heavy atom. The van der Waals surface area contributed by atoms with Gasteiger partial charge in [0.2, 0.25) is 11.8 Å². The maximum absolute atomic E-state index is 13.2. The van der Waals surface area contributed by atoms with E-state index in [-0.39, 0.29) is 30.7 Å². The van der Waals surface area contributed by atoms with Gasteiger partial charge in [-0.05, 0) is 36.4 Å². The van der Waals surface area contributed by atoms with Crippen LogP contribution in [0.1, 0.15) is 6.42 Å². The molecule has 0 saturated carbocycles. The molecule has 30 heavy (non-hydrogen) atoms. The molecule has 0 unspecified atom stereocenters. The molecule has 8 heteroatoms. The Labute approximate surface area is 174 Å². The highest BCUT2D eigenvalue weighted by Gasteiger charge is 2.43. The molecule has 3 amide bonds. The lowest BCUT2D eigenvalue weighted by molar-refractivity contribution is -0.124. The Morgan fingerprint density at radius 2 is 1.63 bits per heavy atom. The number of anilines is 2. The standard InChI is InChI=1S/C22H23FN4O3/c23-16-6-8-18(9-7-16)27-21(29)14-19(22(27)30)26-12-10-25(11-13-26)15-20(28)24-17-4-2-1-3-5-17/h1-9,19H,10-15H2,(H,24,28)/t19-/m0/s1. The molecule has 2 aliphatic rings. The average Bonchev–Trinajstić information content (AvgIpc) is 3.04. The largest absolute Gasteiger partial charge is 0.325 e. The number of benzene rings is 2. The van der Waals surface area contributed by atoms with Crippen molar-refractivity contribution in [3.05, 3.63) is 60.4 Å². The molecule has 7 nitrogen and oxygen atoms in total. The Kier molecular flexibility index (Phi) is 5.87. The van der Waals surface area contributed by atoms with Gasteiger partial charge >= 0.3 is 0 Å². The van der Waals surface area contributed by atoms with E-state index in [1.807, 2.05) is 40.1 Å². The quantitative estimate of drug-likeness (QED) is 0.760. The molecular weight excluding hydrogens is 387 g/mol. The molecule has 0 spiro atoms. The van der Waals surface area contributed by atoms with Crippen molar-refractivity contribution < 1.29 is 18.8 Å². The Bertz CT molecular complexity index is 927. The Balaban J connectivity index is 1.31. The van der Waals surface area contributed by atoms with E-state index >= 15 is 0 Å². The lowest BCUT2D eigenvalue weighted by Gasteiger charge is -2.36. The number of carbonyl (C=O) groups is 3. The van der Waals surface area contributed by atoms with Crippen LogP contribution >= 0.6 is 0 Å². The lowest BCUT2D eigenvalue weighted by atomic mass is 10.1. The van der Waals surface area contributed by atoms with E-state index in [9.17, 15) is 18.8 Å². The summed E-state index contributed by atoms with van der Waals surface area (Å²) in [7, 11) is 0. The van der Waals surface area contributed by atoms with Crippen LogP contribution in [0.2, 0.25) is 0 Å². The van der Waals surface area contributed by atoms with Crippen molar-refractivity contribution in [1.82, 2.24) is 9.80 Å². The Morgan fingerprint density at radius 3 is 2.30 bits per heavy atom. The number of carbonyl (C=O) groups excluding carboxylic acids is 3. The zero-order chi connectivity index (χ0) is 21.1. The number of nitrogens with zero attached hydrogens (tertiary/aromatic N) is 3. The molecule has 1 N–H and O–H groups in total. The van der Waals surface area contributed by atoms with Crippen LogP contribution in [0.25, 0.3) is 0 Å². The maximum atomic E-state index is 13.2. The second-order valence-electron chi connectivity index (χ2n) is 7.49. The average molecular weight is 410 g/mol. The third-order valence-corrected chi connectivity index (χ3v) is 5.48. The van der Waals surface area contributed by atoms with Crippen LogP contribution in [0.4, 0.5) is 15.8 Å². The molecule has 1 atom stereocenters. The third kappa shape index (κ3) is 4.39. The van der Waals surface area contributed by atoms with Gasteiger partial charge in [0.1, 0.15) is 5.82 Å². The summed E-state index contributed by atoms with van der Waals surface area (Å²) in [5.41, 5.74) is 1.15. The third-order valence-electron chi connectivity index (χ3n) is 5.48. The molecule has 4 rings (SSSR count). The van der Waals surface area contributed by atoms with Crippen molar-refractivity contribution in [2.45, 2.75) is 12.5 Å². The summed E-state index contributed by atoms with van der Waals surface area (Å²) < 4.78 is 13.2. The molecule has 0 bridgehead atoms. The molecule has 0 aromatic heterocycles. The van der Waals surface area contributed by atoms with Crippen molar-refractivity contribution in [2.24, 2.45) is 0 Å². The highest BCUT2D eigenvalue weighted by molar-refractivity contribution is 6.22. The van der Waals surface area contributed by atoms with Crippen LogP contribution in [0, 0.1) is 5.82 Å². The first kappa shape index (κ1) is 20.2. The number of para-hydroxylation sites is 1. The fraction of sp³-hybridized carbons (Fsp3) is 0.318. The SMILES string of the molecule is O=C(CN1CCN([C@H]2CC(=O)N(c3ccc(F)cc3)C2=O)CC1)Nc1ccccc1. The van der Waals surface area contributed by atoms with Gasteiger partial charge in [-0.1, -0.05) is 18.2 Å². The second-order valence-corrected chi connectivity index (χ2v) is 7.49. The monoisotopic (exact) mass is 410 g/mol. The number of halogens is 1. The smallest absolute Gasteiger partial charge is 0.251 e. The van der Waals surface area contributed by atoms with E-state index in [2.05, 4.69) is 5.32 Å². The summed E-state index contributed by atoms with van der Waals surface area (Å²) >= 11 is 0. The highest BCUT2D eigenvalue weighted by Crippen LogP contribution is 2.26. The van der Waals surface area contributed by atoms with Crippen molar-refractivity contribution in [1.29, 1.82) is 0 Å². The molecule has 0 radical (unpaired) electrons. The normalized spacial score (nSPS) is 20.6. The minimum Gasteiger partial charge on any atom is -0.325 e. The summed E-state index contributed by atoms with van der Waals surface area (Å²) in [5, 5.41) is 2.87. The molecule has 2 aliphatic heterocycles. The summed E-state index contributed by atoms with van der Waals surface area (Å²) in [6.45, 7) is 2.74. The van der Waals surface area contributed by atoms with Gasteiger partial charge in [0.25, 0.3) is 5.91 Å². The van der Waals surface area contributed by atoms with Gasteiger partial charge in [-0.2, -0.15) is 0 Å². The number of imide groups is 1. The summed E-state index contributed by atoms with van der Waals surface area (Å²) in [6, 6.07) is 14.1. The predicted octanol–water partition coefficient (Wildman–Crippen LogP) is 1.71. The first-order chi connectivity index (χ1) is 14.5. The van der Waals surface area contributed by atoms with Gasteiger partial charge in [0.05, 0.1) is 24.7 Å². The van der Waals surface area contributed by atoms with Gasteiger partial charge in [-0.3, -0.25) is 24.2 Å². The van der Waals surface area contributed by atoms with Gasteiger partial charge in [-0.15, -0.1) is 0 Å². The van der Waals surface area contributed by atoms with E-state index in [0.29, 0.717) is 31.9 Å². The lowest BCUT2D eigenvalue weighted by Crippen LogP contribution is -2.53. The van der Waals surface area contributed by atoms with E-state index in [0.717, 1.165) is 10.6 Å². The van der Waals surface area contributed by atoms with E-state index in [1.54, 1.807) is 0 Å². The minimum absolute atomic E-state index is 0.0794. The molecule has 2 heterocycles. The van der Waals surface area contributed by atoms with E-state index < -0.39 is 11.9 Å². The van der Waals surface area contributed by atoms with Crippen LogP contribution in [-0.4, -0.2) is 66.3 Å². The summed E-state index contributed by atoms with van der Waals surface area (Å²) in [4.78, 5) is 42.7. The number of hydrogen-bond acceptors (Lipinski definition) is 5. The molecule has 2 fully saturated rings. The minimum atomic E-state index is -0.511. The summed E-state index contributed by atoms with van der Waals surface area (Å²) in [5.74, 6) is -1.05. The van der Waals surface area contributed by atoms with Crippen LogP contribution in [0.3, 0.4) is 0 Å². The number of amides is 3. The molecular formula is C22H23FN4O3. The van der Waals surface area contributed by atoms with Crippen LogP contribution in [0.15, 0.2) is 54.6 Å². The van der Waals surface area contributed by atoms with Gasteiger partial charge in [-0.25, -0.2) is 9.29 Å². The molecule has 2 aromatic carbocycles. The van der Waals surface area contributed by atoms with Crippen molar-refractivity contribution >= 4 is 29.1 Å². The number of hydrogen-bond donors (Lipinski definition) is 1. The topological polar surface area (TPSA) is 73.0 Å². The molecule has 156 valence electrons. The van der Waals surface area contributed by atoms with Crippen molar-refractivity contribution in [3.63, 3.8) is 0 Å². The molecule has 0 aliphatic carbocycles. The van der Waals surface area contributed by atoms with Crippen molar-refractivity contribution in [3.8, 4) is 0 Å². The molecule has 2 aromatic rings. The van der Waals surface area contributed by atoms with Crippen molar-refractivity contribution in [2.75, 3.05) is 42.9 Å². The van der Waals surface area contributed by atoms with Gasteiger partial charge in [0, 0.05) is 31.9 Å². The summed E-state index contributed by atoms with van der Waals surface area (Å²) in [6.07, 6.45) is 0.116. The van der Waals surface area contributed by atoms with Crippen LogP contribution in [0.5, 0.6) is 0 Å². The Hall–Kier alpha value is -3.10. The van der Waals surface area contributed by atoms with Gasteiger partial charge < -0.3 is 5.32 Å². The predicted molar refractivity (Wildman–Crippen MR) is 110 cm³/mol. The van der Waals surface area contributed by atoms with Crippen LogP contribution in [-0.2, 0) is 14.4 Å².